The molecule has 6 nitrogen and oxygen atoms in total. The first-order chi connectivity index (χ1) is 9.10. The largest absolute Gasteiger partial charge is 0.480 e. The van der Waals surface area contributed by atoms with Crippen LogP contribution in [-0.2, 0) is 17.6 Å². The van der Waals surface area contributed by atoms with Gasteiger partial charge in [0.2, 0.25) is 0 Å². The van der Waals surface area contributed by atoms with Crippen molar-refractivity contribution < 1.29 is 19.8 Å². The molecule has 1 atom stereocenters. The van der Waals surface area contributed by atoms with E-state index in [1.807, 2.05) is 12.1 Å². The summed E-state index contributed by atoms with van der Waals surface area (Å²) in [7, 11) is 0. The number of anilines is 1. The highest BCUT2D eigenvalue weighted by molar-refractivity contribution is 5.92. The van der Waals surface area contributed by atoms with Crippen LogP contribution in [0.1, 0.15) is 17.5 Å². The van der Waals surface area contributed by atoms with Crippen LogP contribution in [-0.4, -0.2) is 34.9 Å². The third-order valence-electron chi connectivity index (χ3n) is 3.14. The SMILES string of the molecule is O=C(Nc1ccc2c(c1)CCC2)NC(CO)C(=O)O. The van der Waals surface area contributed by atoms with Crippen LogP contribution in [0.5, 0.6) is 0 Å². The fraction of sp³-hybridized carbons (Fsp3) is 0.385. The molecule has 6 heteroatoms. The molecule has 0 bridgehead atoms. The molecule has 0 aromatic heterocycles. The third kappa shape index (κ3) is 3.23. The Balaban J connectivity index is 1.97. The molecule has 1 aromatic carbocycles. The molecule has 4 N–H and O–H groups in total. The van der Waals surface area contributed by atoms with Crippen molar-refractivity contribution in [2.45, 2.75) is 25.3 Å². The molecule has 0 saturated carbocycles. The number of hydrogen-bond donors (Lipinski definition) is 4. The van der Waals surface area contributed by atoms with E-state index in [4.69, 9.17) is 10.2 Å². The second kappa shape index (κ2) is 5.71. The van der Waals surface area contributed by atoms with Gasteiger partial charge in [-0.15, -0.1) is 0 Å². The van der Waals surface area contributed by atoms with Gasteiger partial charge in [0.05, 0.1) is 6.61 Å². The number of carboxylic acids is 1. The van der Waals surface area contributed by atoms with Gasteiger partial charge in [0.1, 0.15) is 0 Å². The molecule has 0 spiro atoms. The summed E-state index contributed by atoms with van der Waals surface area (Å²) >= 11 is 0. The van der Waals surface area contributed by atoms with Crippen LogP contribution in [0.3, 0.4) is 0 Å². The molecule has 1 aliphatic carbocycles. The molecule has 2 rings (SSSR count). The lowest BCUT2D eigenvalue weighted by Gasteiger charge is -2.13. The number of carbonyl (C=O) groups is 2. The van der Waals surface area contributed by atoms with Crippen LogP contribution in [0.25, 0.3) is 0 Å². The summed E-state index contributed by atoms with van der Waals surface area (Å²) in [6, 6.07) is 3.72. The number of urea groups is 1. The van der Waals surface area contributed by atoms with Crippen molar-refractivity contribution in [3.05, 3.63) is 29.3 Å². The fourth-order valence-electron chi connectivity index (χ4n) is 2.16. The number of nitrogens with one attached hydrogen (secondary N) is 2. The third-order valence-corrected chi connectivity index (χ3v) is 3.14. The van der Waals surface area contributed by atoms with Gasteiger partial charge in [-0.05, 0) is 42.5 Å². The Labute approximate surface area is 110 Å². The first-order valence-electron chi connectivity index (χ1n) is 6.13. The van der Waals surface area contributed by atoms with E-state index in [1.54, 1.807) is 6.07 Å². The minimum atomic E-state index is -1.30. The zero-order valence-corrected chi connectivity index (χ0v) is 10.3. The van der Waals surface area contributed by atoms with Gasteiger partial charge in [-0.3, -0.25) is 0 Å². The number of aliphatic hydroxyl groups is 1. The Morgan fingerprint density at radius 1 is 1.26 bits per heavy atom. The molecular weight excluding hydrogens is 248 g/mol. The molecule has 19 heavy (non-hydrogen) atoms. The van der Waals surface area contributed by atoms with Gasteiger partial charge in [-0.25, -0.2) is 9.59 Å². The number of aryl methyl sites for hydroxylation is 2. The van der Waals surface area contributed by atoms with Crippen LogP contribution in [0.2, 0.25) is 0 Å². The fourth-order valence-corrected chi connectivity index (χ4v) is 2.16. The van der Waals surface area contributed by atoms with Crippen LogP contribution >= 0.6 is 0 Å². The average Bonchev–Trinajstić information content (AvgIpc) is 2.82. The minimum absolute atomic E-state index is 0.625. The van der Waals surface area contributed by atoms with Gasteiger partial charge < -0.3 is 20.8 Å². The predicted octanol–water partition coefficient (Wildman–Crippen LogP) is 0.742. The number of fused-ring (bicyclic) bond motifs is 1. The summed E-state index contributed by atoms with van der Waals surface area (Å²) in [4.78, 5) is 22.3. The topological polar surface area (TPSA) is 98.7 Å². The Morgan fingerprint density at radius 2 is 2.00 bits per heavy atom. The molecule has 2 amide bonds. The van der Waals surface area contributed by atoms with E-state index in [0.717, 1.165) is 19.3 Å². The highest BCUT2D eigenvalue weighted by atomic mass is 16.4. The summed E-state index contributed by atoms with van der Waals surface area (Å²) < 4.78 is 0. The van der Waals surface area contributed by atoms with Crippen LogP contribution in [0.4, 0.5) is 10.5 Å². The highest BCUT2D eigenvalue weighted by Crippen LogP contribution is 2.24. The maximum Gasteiger partial charge on any atom is 0.328 e. The second-order valence-corrected chi connectivity index (χ2v) is 4.51. The van der Waals surface area contributed by atoms with Gasteiger partial charge in [-0.2, -0.15) is 0 Å². The lowest BCUT2D eigenvalue weighted by molar-refractivity contribution is -0.140. The van der Waals surface area contributed by atoms with E-state index >= 15 is 0 Å². The van der Waals surface area contributed by atoms with Gasteiger partial charge >= 0.3 is 12.0 Å². The first-order valence-corrected chi connectivity index (χ1v) is 6.13. The molecule has 0 fully saturated rings. The smallest absolute Gasteiger partial charge is 0.328 e. The molecule has 0 heterocycles. The molecule has 0 aliphatic heterocycles. The Kier molecular flexibility index (Phi) is 4.01. The van der Waals surface area contributed by atoms with Gasteiger partial charge in [0, 0.05) is 5.69 Å². The Hall–Kier alpha value is -2.08. The second-order valence-electron chi connectivity index (χ2n) is 4.51. The molecule has 1 aliphatic rings. The number of amides is 2. The van der Waals surface area contributed by atoms with E-state index in [1.165, 1.54) is 11.1 Å². The number of aliphatic carboxylic acids is 1. The van der Waals surface area contributed by atoms with E-state index in [0.29, 0.717) is 5.69 Å². The minimum Gasteiger partial charge on any atom is -0.480 e. The van der Waals surface area contributed by atoms with Gasteiger partial charge in [0.25, 0.3) is 0 Å². The van der Waals surface area contributed by atoms with Crippen molar-refractivity contribution in [2.75, 3.05) is 11.9 Å². The van der Waals surface area contributed by atoms with E-state index in [-0.39, 0.29) is 0 Å². The van der Waals surface area contributed by atoms with Gasteiger partial charge in [-0.1, -0.05) is 6.07 Å². The maximum absolute atomic E-state index is 11.6. The van der Waals surface area contributed by atoms with Crippen LogP contribution < -0.4 is 10.6 Å². The van der Waals surface area contributed by atoms with Crippen molar-refractivity contribution in [3.8, 4) is 0 Å². The van der Waals surface area contributed by atoms with Crippen molar-refractivity contribution in [2.24, 2.45) is 0 Å². The molecule has 1 unspecified atom stereocenters. The van der Waals surface area contributed by atoms with Crippen molar-refractivity contribution in [3.63, 3.8) is 0 Å². The lowest BCUT2D eigenvalue weighted by Crippen LogP contribution is -2.45. The van der Waals surface area contributed by atoms with Crippen molar-refractivity contribution >= 4 is 17.7 Å². The van der Waals surface area contributed by atoms with Crippen LogP contribution in [0, 0.1) is 0 Å². The Morgan fingerprint density at radius 3 is 2.68 bits per heavy atom. The molecule has 0 radical (unpaired) electrons. The monoisotopic (exact) mass is 264 g/mol. The quantitative estimate of drug-likeness (QED) is 0.644. The van der Waals surface area contributed by atoms with Crippen molar-refractivity contribution in [1.29, 1.82) is 0 Å². The number of aliphatic hydroxyl groups excluding tert-OH is 1. The van der Waals surface area contributed by atoms with E-state index in [2.05, 4.69) is 10.6 Å². The lowest BCUT2D eigenvalue weighted by atomic mass is 10.1. The maximum atomic E-state index is 11.6. The van der Waals surface area contributed by atoms with E-state index in [9.17, 15) is 9.59 Å². The summed E-state index contributed by atoms with van der Waals surface area (Å²) in [6.07, 6.45) is 3.19. The molecule has 1 aromatic rings. The highest BCUT2D eigenvalue weighted by Gasteiger charge is 2.19. The zero-order valence-electron chi connectivity index (χ0n) is 10.3. The number of hydrogen-bond acceptors (Lipinski definition) is 3. The normalized spacial score (nSPS) is 14.6. The van der Waals surface area contributed by atoms with Crippen LogP contribution in [0.15, 0.2) is 18.2 Å². The zero-order chi connectivity index (χ0) is 13.8. The summed E-state index contributed by atoms with van der Waals surface area (Å²) in [5, 5.41) is 22.3. The first kappa shape index (κ1) is 13.4. The number of carbonyl (C=O) groups excluding carboxylic acids is 1. The molecular formula is C13H16N2O4. The predicted molar refractivity (Wildman–Crippen MR) is 69.1 cm³/mol. The average molecular weight is 264 g/mol. The standard InChI is InChI=1S/C13H16N2O4/c16-7-11(12(17)18)15-13(19)14-10-5-4-8-2-1-3-9(8)6-10/h4-6,11,16H,1-3,7H2,(H,17,18)(H2,14,15,19). The molecule has 102 valence electrons. The summed E-state index contributed by atoms with van der Waals surface area (Å²) in [6.45, 7) is -0.646. The number of carboxylic acid groups (broad SMARTS) is 1. The molecule has 0 saturated heterocycles. The van der Waals surface area contributed by atoms with Gasteiger partial charge in [0.15, 0.2) is 6.04 Å². The number of rotatable bonds is 4. The summed E-state index contributed by atoms with van der Waals surface area (Å²) in [5.41, 5.74) is 3.14. The summed E-state index contributed by atoms with van der Waals surface area (Å²) in [5.74, 6) is -1.27. The number of benzene rings is 1. The Bertz CT molecular complexity index is 501. The van der Waals surface area contributed by atoms with Crippen molar-refractivity contribution in [1.82, 2.24) is 5.32 Å². The van der Waals surface area contributed by atoms with E-state index < -0.39 is 24.6 Å².